The molecule has 358 valence electrons. The lowest BCUT2D eigenvalue weighted by Gasteiger charge is -2.37. The Morgan fingerprint density at radius 3 is 2.52 bits per heavy atom. The smallest absolute Gasteiger partial charge is 0.324 e. The largest absolute Gasteiger partial charge is 0.508 e. The fraction of sp³-hybridized carbons (Fsp3) is 0.481. The number of hydrogen-bond donors (Lipinski definition) is 3. The third kappa shape index (κ3) is 10.3. The Morgan fingerprint density at radius 2 is 1.82 bits per heavy atom. The van der Waals surface area contributed by atoms with Crippen LogP contribution < -0.4 is 10.7 Å². The van der Waals surface area contributed by atoms with Crippen molar-refractivity contribution in [2.75, 3.05) is 47.5 Å². The first-order valence-corrected chi connectivity index (χ1v) is 23.3. The molecule has 3 aliphatic rings. The van der Waals surface area contributed by atoms with Crippen molar-refractivity contribution in [3.63, 3.8) is 0 Å². The van der Waals surface area contributed by atoms with Crippen molar-refractivity contribution in [1.82, 2.24) is 30.1 Å². The number of likely N-dealkylation sites (N-methyl/N-ethyl adjacent to an activating group) is 1. The number of benzene rings is 3. The number of carbonyl (C=O) groups is 5. The van der Waals surface area contributed by atoms with Crippen molar-refractivity contribution >= 4 is 40.5 Å². The number of phenols is 1. The van der Waals surface area contributed by atoms with Gasteiger partial charge in [-0.25, -0.2) is 5.43 Å². The summed E-state index contributed by atoms with van der Waals surface area (Å²) in [4.78, 5) is 72.9. The SMILES string of the molecule is C=CC(=O)N1C[C@H](OC)[C@H](C(=O)N(C)[C@H](C(=O)N[C@H]2Cc3cc(O)cc(c3)-c3ccc4c(c3)c(c(-c3ccccc3COC)n4CC)CC(C)(C)COC(=O)[C@@H]3CCCN(N3)C2=O)C(C)C)C1. The van der Waals surface area contributed by atoms with Gasteiger partial charge in [-0.1, -0.05) is 70.7 Å². The maximum Gasteiger partial charge on any atom is 0.324 e. The summed E-state index contributed by atoms with van der Waals surface area (Å²) in [6, 6.07) is 16.7. The van der Waals surface area contributed by atoms with Crippen LogP contribution in [0.25, 0.3) is 33.3 Å². The molecule has 5 atom stereocenters. The maximum absolute atomic E-state index is 14.8. The Bertz CT molecular complexity index is 2530. The van der Waals surface area contributed by atoms with Gasteiger partial charge in [0.2, 0.25) is 17.7 Å². The Balaban J connectivity index is 1.30. The maximum atomic E-state index is 14.8. The van der Waals surface area contributed by atoms with E-state index in [9.17, 15) is 29.1 Å². The van der Waals surface area contributed by atoms with E-state index in [4.69, 9.17) is 14.2 Å². The van der Waals surface area contributed by atoms with Gasteiger partial charge in [0.25, 0.3) is 5.91 Å². The zero-order valence-corrected chi connectivity index (χ0v) is 40.1. The molecule has 2 fully saturated rings. The van der Waals surface area contributed by atoms with Crippen LogP contribution >= 0.6 is 0 Å². The Kier molecular flexibility index (Phi) is 14.9. The lowest BCUT2D eigenvalue weighted by atomic mass is 9.84. The van der Waals surface area contributed by atoms with Gasteiger partial charge in [-0.2, -0.15) is 0 Å². The molecule has 4 aromatic rings. The standard InChI is InChI=1S/C52H66N6O9/c1-10-45(60)56-27-40(44(28-56)66-9)49(62)55(7)46(31(3)4)48(61)53-42-23-32-21-35(24-36(59)22-32)33-18-19-43-38(25-33)39(47(57(43)11-2)37-16-13-12-15-34(37)29-65-8)26-52(5,6)30-67-51(64)41-17-14-20-58(54-41)50(42)63/h10,12-13,15-16,18-19,21-22,24-25,31,40-42,44,46,54,59H,1,11,14,17,20,23,26-30H2,2-9H3,(H,53,61)/t40-,41+,42+,44+,46+/m1/s1. The summed E-state index contributed by atoms with van der Waals surface area (Å²) in [6.07, 6.45) is 2.08. The van der Waals surface area contributed by atoms with E-state index >= 15 is 0 Å². The van der Waals surface area contributed by atoms with Crippen molar-refractivity contribution in [2.45, 2.75) is 97.7 Å². The summed E-state index contributed by atoms with van der Waals surface area (Å²) in [7, 11) is 4.72. The molecule has 4 heterocycles. The number of nitrogens with one attached hydrogen (secondary N) is 2. The summed E-state index contributed by atoms with van der Waals surface area (Å²) >= 11 is 0. The number of fused-ring (bicyclic) bond motifs is 6. The molecule has 0 saturated carbocycles. The van der Waals surface area contributed by atoms with Crippen molar-refractivity contribution in [1.29, 1.82) is 0 Å². The second kappa shape index (κ2) is 20.5. The van der Waals surface area contributed by atoms with Crippen molar-refractivity contribution < 1.29 is 43.3 Å². The quantitative estimate of drug-likeness (QED) is 0.126. The topological polar surface area (TPSA) is 172 Å². The average Bonchev–Trinajstić information content (AvgIpc) is 3.88. The number of carbonyl (C=O) groups excluding carboxylic acids is 5. The van der Waals surface area contributed by atoms with E-state index in [-0.39, 0.29) is 50.2 Å². The first kappa shape index (κ1) is 48.9. The van der Waals surface area contributed by atoms with Gasteiger partial charge in [-0.3, -0.25) is 29.0 Å². The minimum atomic E-state index is -1.19. The van der Waals surface area contributed by atoms with E-state index in [0.29, 0.717) is 38.0 Å². The predicted molar refractivity (Wildman–Crippen MR) is 255 cm³/mol. The first-order chi connectivity index (χ1) is 32.0. The van der Waals surface area contributed by atoms with Gasteiger partial charge >= 0.3 is 5.97 Å². The number of aromatic hydroxyl groups is 1. The second-order valence-corrected chi connectivity index (χ2v) is 19.3. The number of likely N-dealkylation sites (tertiary alicyclic amines) is 1. The van der Waals surface area contributed by atoms with Crippen molar-refractivity contribution in [3.05, 3.63) is 90.0 Å². The minimum absolute atomic E-state index is 0.0151. The fourth-order valence-electron chi connectivity index (χ4n) is 10.2. The van der Waals surface area contributed by atoms with Crippen LogP contribution in [0.5, 0.6) is 5.75 Å². The Hall–Kier alpha value is -6.03. The number of cyclic esters (lactones) is 1. The Labute approximate surface area is 393 Å². The lowest BCUT2D eigenvalue weighted by Crippen LogP contribution is -2.62. The highest BCUT2D eigenvalue weighted by Gasteiger charge is 2.44. The van der Waals surface area contributed by atoms with E-state index in [0.717, 1.165) is 44.4 Å². The number of esters is 1. The number of aryl methyl sites for hydroxylation is 1. The molecule has 0 radical (unpaired) electrons. The molecule has 0 aliphatic carbocycles. The lowest BCUT2D eigenvalue weighted by molar-refractivity contribution is -0.155. The molecule has 15 nitrogen and oxygen atoms in total. The second-order valence-electron chi connectivity index (χ2n) is 19.3. The third-order valence-electron chi connectivity index (χ3n) is 13.5. The zero-order valence-electron chi connectivity index (χ0n) is 40.1. The fourth-order valence-corrected chi connectivity index (χ4v) is 10.2. The number of methoxy groups -OCH3 is 2. The van der Waals surface area contributed by atoms with Crippen LogP contribution in [-0.4, -0.2) is 126 Å². The van der Waals surface area contributed by atoms with Crippen LogP contribution in [0.15, 0.2) is 73.3 Å². The highest BCUT2D eigenvalue weighted by Crippen LogP contribution is 2.41. The number of phenolic OH excluding ortho intramolecular Hbond substituents is 1. The normalized spacial score (nSPS) is 21.4. The van der Waals surface area contributed by atoms with Gasteiger partial charge in [-0.15, -0.1) is 0 Å². The van der Waals surface area contributed by atoms with Gasteiger partial charge in [0.05, 0.1) is 30.9 Å². The molecule has 3 N–H and O–H groups in total. The zero-order chi connectivity index (χ0) is 48.3. The number of aromatic nitrogens is 1. The van der Waals surface area contributed by atoms with E-state index in [2.05, 4.69) is 66.9 Å². The molecule has 2 saturated heterocycles. The molecule has 3 aromatic carbocycles. The molecular formula is C52H66N6O9. The first-order valence-electron chi connectivity index (χ1n) is 23.3. The monoisotopic (exact) mass is 918 g/mol. The molecule has 3 aliphatic heterocycles. The van der Waals surface area contributed by atoms with E-state index in [1.807, 2.05) is 38.1 Å². The highest BCUT2D eigenvalue weighted by atomic mass is 16.5. The van der Waals surface area contributed by atoms with Crippen LogP contribution in [-0.2, 0) is 64.2 Å². The van der Waals surface area contributed by atoms with Gasteiger partial charge in [0.1, 0.15) is 23.9 Å². The van der Waals surface area contributed by atoms with Crippen LogP contribution in [0.2, 0.25) is 0 Å². The van der Waals surface area contributed by atoms with Crippen molar-refractivity contribution in [3.8, 4) is 28.1 Å². The third-order valence-corrected chi connectivity index (χ3v) is 13.5. The summed E-state index contributed by atoms with van der Waals surface area (Å²) < 4.78 is 19.7. The molecule has 4 amide bonds. The summed E-state index contributed by atoms with van der Waals surface area (Å²) in [5, 5.41) is 16.7. The number of rotatable bonds is 11. The molecular weight excluding hydrogens is 853 g/mol. The number of ether oxygens (including phenoxy) is 3. The molecule has 0 spiro atoms. The minimum Gasteiger partial charge on any atom is -0.508 e. The molecule has 7 rings (SSSR count). The molecule has 15 heteroatoms. The average molecular weight is 919 g/mol. The molecule has 1 aromatic heterocycles. The van der Waals surface area contributed by atoms with Gasteiger partial charge in [0.15, 0.2) is 0 Å². The van der Waals surface area contributed by atoms with Gasteiger partial charge < -0.3 is 39.0 Å². The van der Waals surface area contributed by atoms with Crippen LogP contribution in [0.1, 0.15) is 64.2 Å². The highest BCUT2D eigenvalue weighted by molar-refractivity contribution is 5.96. The number of hydrazine groups is 1. The number of hydrogen-bond acceptors (Lipinski definition) is 10. The summed E-state index contributed by atoms with van der Waals surface area (Å²) in [5.41, 5.74) is 10.0. The van der Waals surface area contributed by atoms with Crippen LogP contribution in [0.3, 0.4) is 0 Å². The van der Waals surface area contributed by atoms with Gasteiger partial charge in [0, 0.05) is 75.7 Å². The van der Waals surface area contributed by atoms with E-state index in [1.165, 1.54) is 28.0 Å². The van der Waals surface area contributed by atoms with E-state index in [1.54, 1.807) is 26.3 Å². The van der Waals surface area contributed by atoms with Crippen LogP contribution in [0.4, 0.5) is 0 Å². The Morgan fingerprint density at radius 1 is 1.06 bits per heavy atom. The molecule has 67 heavy (non-hydrogen) atoms. The molecule has 6 bridgehead atoms. The van der Waals surface area contributed by atoms with E-state index < -0.39 is 59.3 Å². The summed E-state index contributed by atoms with van der Waals surface area (Å²) in [6.45, 7) is 15.3. The van der Waals surface area contributed by atoms with Crippen molar-refractivity contribution in [2.24, 2.45) is 17.3 Å². The van der Waals surface area contributed by atoms with Crippen LogP contribution in [0, 0.1) is 17.3 Å². The number of amides is 4. The summed E-state index contributed by atoms with van der Waals surface area (Å²) in [5.74, 6) is -3.37. The molecule has 0 unspecified atom stereocenters. The number of nitrogens with zero attached hydrogens (tertiary/aromatic N) is 4. The predicted octanol–water partition coefficient (Wildman–Crippen LogP) is 5.64. The van der Waals surface area contributed by atoms with Gasteiger partial charge in [-0.05, 0) is 90.3 Å².